The lowest BCUT2D eigenvalue weighted by molar-refractivity contribution is 0.455. The van der Waals surface area contributed by atoms with Crippen molar-refractivity contribution in [2.24, 2.45) is 11.7 Å². The van der Waals surface area contributed by atoms with Gasteiger partial charge in [0.1, 0.15) is 0 Å². The van der Waals surface area contributed by atoms with Gasteiger partial charge in [-0.3, -0.25) is 0 Å². The van der Waals surface area contributed by atoms with Crippen molar-refractivity contribution >= 4 is 0 Å². The van der Waals surface area contributed by atoms with Crippen LogP contribution in [0.2, 0.25) is 0 Å². The smallest absolute Gasteiger partial charge is 0.0186 e. The highest BCUT2D eigenvalue weighted by Crippen LogP contribution is 2.48. The molecule has 0 radical (unpaired) electrons. The summed E-state index contributed by atoms with van der Waals surface area (Å²) in [6, 6.07) is 0. The van der Waals surface area contributed by atoms with Gasteiger partial charge in [-0.15, -0.1) is 0 Å². The lowest BCUT2D eigenvalue weighted by Crippen LogP contribution is -2.24. The van der Waals surface area contributed by atoms with Crippen molar-refractivity contribution in [2.75, 3.05) is 0 Å². The average Bonchev–Trinajstić information content (AvgIpc) is 2.78. The molecule has 0 aromatic rings. The Morgan fingerprint density at radius 2 is 1.36 bits per heavy atom. The summed E-state index contributed by atoms with van der Waals surface area (Å²) in [5.74, 6) is 0.891. The van der Waals surface area contributed by atoms with Gasteiger partial charge in [-0.25, -0.2) is 0 Å². The molecule has 0 amide bonds. The first-order valence-corrected chi connectivity index (χ1v) is 6.60. The SMILES string of the molecule is NC12CCCCCCCCCCC1C2. The van der Waals surface area contributed by atoms with Crippen molar-refractivity contribution in [1.82, 2.24) is 0 Å². The molecule has 82 valence electrons. The zero-order chi connectivity index (χ0) is 9.86. The molecule has 2 saturated carbocycles. The molecule has 0 aromatic heterocycles. The normalized spacial score (nSPS) is 40.5. The van der Waals surface area contributed by atoms with Crippen molar-refractivity contribution in [2.45, 2.75) is 76.2 Å². The van der Waals surface area contributed by atoms with Crippen molar-refractivity contribution in [3.05, 3.63) is 0 Å². The first-order chi connectivity index (χ1) is 6.81. The highest BCUT2D eigenvalue weighted by atomic mass is 14.9. The molecule has 0 bridgehead atoms. The maximum atomic E-state index is 6.33. The van der Waals surface area contributed by atoms with Gasteiger partial charge in [-0.1, -0.05) is 51.4 Å². The predicted octanol–water partition coefficient (Wildman–Crippen LogP) is 3.62. The van der Waals surface area contributed by atoms with Gasteiger partial charge in [-0.05, 0) is 25.2 Å². The summed E-state index contributed by atoms with van der Waals surface area (Å²) in [6.45, 7) is 0. The van der Waals surface area contributed by atoms with Crippen LogP contribution in [0.1, 0.15) is 70.6 Å². The molecule has 1 heteroatoms. The molecule has 2 aliphatic carbocycles. The van der Waals surface area contributed by atoms with Crippen molar-refractivity contribution < 1.29 is 0 Å². The second-order valence-electron chi connectivity index (χ2n) is 5.50. The monoisotopic (exact) mass is 195 g/mol. The van der Waals surface area contributed by atoms with E-state index in [4.69, 9.17) is 5.73 Å². The summed E-state index contributed by atoms with van der Waals surface area (Å²) in [4.78, 5) is 0. The van der Waals surface area contributed by atoms with Gasteiger partial charge >= 0.3 is 0 Å². The Bertz CT molecular complexity index is 178. The van der Waals surface area contributed by atoms with Crippen LogP contribution in [0, 0.1) is 5.92 Å². The van der Waals surface area contributed by atoms with E-state index in [-0.39, 0.29) is 0 Å². The van der Waals surface area contributed by atoms with E-state index in [0.717, 1.165) is 5.92 Å². The minimum absolute atomic E-state index is 0.291. The quantitative estimate of drug-likeness (QED) is 0.627. The van der Waals surface area contributed by atoms with Crippen LogP contribution in [0.4, 0.5) is 0 Å². The molecule has 2 atom stereocenters. The molecule has 2 fully saturated rings. The van der Waals surface area contributed by atoms with Gasteiger partial charge in [0, 0.05) is 5.54 Å². The molecule has 0 heterocycles. The third-order valence-electron chi connectivity index (χ3n) is 4.22. The molecular weight excluding hydrogens is 170 g/mol. The highest BCUT2D eigenvalue weighted by molar-refractivity contribution is 5.07. The van der Waals surface area contributed by atoms with Crippen LogP contribution in [0.15, 0.2) is 0 Å². The molecule has 0 saturated heterocycles. The molecular formula is C13H25N. The Kier molecular flexibility index (Phi) is 3.48. The zero-order valence-electron chi connectivity index (χ0n) is 9.43. The Morgan fingerprint density at radius 1 is 0.786 bits per heavy atom. The molecule has 2 aliphatic rings. The zero-order valence-corrected chi connectivity index (χ0v) is 9.43. The fourth-order valence-corrected chi connectivity index (χ4v) is 3.00. The Morgan fingerprint density at radius 3 is 2.07 bits per heavy atom. The molecule has 0 aliphatic heterocycles. The van der Waals surface area contributed by atoms with Crippen LogP contribution in [0.5, 0.6) is 0 Å². The standard InChI is InChI=1S/C13H25N/c14-13-10-8-6-4-2-1-3-5-7-9-12(13)11-13/h12H,1-11,14H2. The van der Waals surface area contributed by atoms with E-state index in [9.17, 15) is 0 Å². The first-order valence-electron chi connectivity index (χ1n) is 6.60. The Labute approximate surface area is 88.4 Å². The molecule has 2 unspecified atom stereocenters. The summed E-state index contributed by atoms with van der Waals surface area (Å²) >= 11 is 0. The van der Waals surface area contributed by atoms with Gasteiger partial charge in [0.25, 0.3) is 0 Å². The third kappa shape index (κ3) is 2.73. The van der Waals surface area contributed by atoms with Gasteiger partial charge in [0.2, 0.25) is 0 Å². The van der Waals surface area contributed by atoms with Crippen LogP contribution in [-0.4, -0.2) is 5.54 Å². The molecule has 2 N–H and O–H groups in total. The van der Waals surface area contributed by atoms with Crippen molar-refractivity contribution in [3.63, 3.8) is 0 Å². The van der Waals surface area contributed by atoms with Crippen molar-refractivity contribution in [1.29, 1.82) is 0 Å². The molecule has 14 heavy (non-hydrogen) atoms. The fourth-order valence-electron chi connectivity index (χ4n) is 3.00. The summed E-state index contributed by atoms with van der Waals surface area (Å²) in [5, 5.41) is 0. The number of rotatable bonds is 0. The van der Waals surface area contributed by atoms with Gasteiger partial charge in [0.05, 0.1) is 0 Å². The lowest BCUT2D eigenvalue weighted by Gasteiger charge is -2.12. The predicted molar refractivity (Wildman–Crippen MR) is 61.2 cm³/mol. The summed E-state index contributed by atoms with van der Waals surface area (Å²) in [5.41, 5.74) is 6.62. The van der Waals surface area contributed by atoms with Crippen LogP contribution in [0.25, 0.3) is 0 Å². The Hall–Kier alpha value is -0.0400. The van der Waals surface area contributed by atoms with Gasteiger partial charge < -0.3 is 5.73 Å². The number of fused-ring (bicyclic) bond motifs is 1. The molecule has 2 rings (SSSR count). The second-order valence-corrected chi connectivity index (χ2v) is 5.50. The van der Waals surface area contributed by atoms with Crippen LogP contribution in [0.3, 0.4) is 0 Å². The van der Waals surface area contributed by atoms with Crippen LogP contribution < -0.4 is 5.73 Å². The number of hydrogen-bond donors (Lipinski definition) is 1. The van der Waals surface area contributed by atoms with Crippen LogP contribution in [-0.2, 0) is 0 Å². The highest BCUT2D eigenvalue weighted by Gasteiger charge is 2.48. The first kappa shape index (κ1) is 10.5. The molecule has 1 nitrogen and oxygen atoms in total. The summed E-state index contributed by atoms with van der Waals surface area (Å²) < 4.78 is 0. The molecule has 0 spiro atoms. The fraction of sp³-hybridized carbons (Fsp3) is 1.00. The minimum atomic E-state index is 0.291. The maximum Gasteiger partial charge on any atom is 0.0186 e. The average molecular weight is 195 g/mol. The topological polar surface area (TPSA) is 26.0 Å². The minimum Gasteiger partial charge on any atom is -0.325 e. The lowest BCUT2D eigenvalue weighted by atomic mass is 9.98. The third-order valence-corrected chi connectivity index (χ3v) is 4.22. The second kappa shape index (κ2) is 4.65. The summed E-state index contributed by atoms with van der Waals surface area (Å²) in [6.07, 6.45) is 15.6. The van der Waals surface area contributed by atoms with E-state index in [0.29, 0.717) is 5.54 Å². The van der Waals surface area contributed by atoms with Gasteiger partial charge in [0.15, 0.2) is 0 Å². The van der Waals surface area contributed by atoms with E-state index in [1.54, 1.807) is 0 Å². The van der Waals surface area contributed by atoms with E-state index in [1.807, 2.05) is 0 Å². The molecule has 0 aromatic carbocycles. The largest absolute Gasteiger partial charge is 0.325 e. The van der Waals surface area contributed by atoms with E-state index < -0.39 is 0 Å². The van der Waals surface area contributed by atoms with E-state index >= 15 is 0 Å². The van der Waals surface area contributed by atoms with Crippen molar-refractivity contribution in [3.8, 4) is 0 Å². The van der Waals surface area contributed by atoms with Crippen LogP contribution >= 0.6 is 0 Å². The van der Waals surface area contributed by atoms with E-state index in [2.05, 4.69) is 0 Å². The van der Waals surface area contributed by atoms with Gasteiger partial charge in [-0.2, -0.15) is 0 Å². The summed E-state index contributed by atoms with van der Waals surface area (Å²) in [7, 11) is 0. The maximum absolute atomic E-state index is 6.33. The number of hydrogen-bond acceptors (Lipinski definition) is 1. The van der Waals surface area contributed by atoms with E-state index in [1.165, 1.54) is 70.6 Å². The number of nitrogens with two attached hydrogens (primary N) is 1. The Balaban J connectivity index is 1.75.